The quantitative estimate of drug-likeness (QED) is 0.199. The number of halogens is 1. The lowest BCUT2D eigenvalue weighted by molar-refractivity contribution is -0.115. The molecule has 33 heavy (non-hydrogen) atoms. The molecule has 176 valence electrons. The van der Waals surface area contributed by atoms with Crippen molar-refractivity contribution in [3.05, 3.63) is 59.2 Å². The number of hydrogen-bond acceptors (Lipinski definition) is 4. The number of anilines is 1. The minimum absolute atomic E-state index is 0. The number of benzene rings is 2. The molecule has 1 aliphatic heterocycles. The van der Waals surface area contributed by atoms with Crippen LogP contribution in [-0.4, -0.2) is 45.3 Å². The molecule has 2 aromatic carbocycles. The second-order valence-electron chi connectivity index (χ2n) is 7.70. The van der Waals surface area contributed by atoms with E-state index in [1.54, 1.807) is 25.2 Å². The molecule has 8 heteroatoms. The highest BCUT2D eigenvalue weighted by molar-refractivity contribution is 14.0. The van der Waals surface area contributed by atoms with Crippen molar-refractivity contribution < 1.29 is 14.3 Å². The van der Waals surface area contributed by atoms with Crippen molar-refractivity contribution in [1.82, 2.24) is 10.6 Å². The number of nitrogens with one attached hydrogen (secondary N) is 3. The highest BCUT2D eigenvalue weighted by atomic mass is 127. The predicted octanol–water partition coefficient (Wildman–Crippen LogP) is 3.31. The van der Waals surface area contributed by atoms with E-state index in [9.17, 15) is 4.79 Å². The Bertz CT molecular complexity index is 997. The van der Waals surface area contributed by atoms with E-state index in [0.717, 1.165) is 36.5 Å². The lowest BCUT2D eigenvalue weighted by Crippen LogP contribution is -2.41. The number of amides is 1. The molecular formula is C25H31IN4O3. The lowest BCUT2D eigenvalue weighted by atomic mass is 10.1. The van der Waals surface area contributed by atoms with E-state index in [2.05, 4.69) is 32.9 Å². The fraction of sp³-hybridized carbons (Fsp3) is 0.360. The molecule has 0 aromatic heterocycles. The molecule has 0 saturated carbocycles. The smallest absolute Gasteiger partial charge is 0.243 e. The summed E-state index contributed by atoms with van der Waals surface area (Å²) in [6, 6.07) is 13.3. The van der Waals surface area contributed by atoms with E-state index in [4.69, 9.17) is 15.9 Å². The van der Waals surface area contributed by atoms with Crippen LogP contribution in [0.25, 0.3) is 0 Å². The van der Waals surface area contributed by atoms with Crippen LogP contribution in [0, 0.1) is 25.2 Å². The van der Waals surface area contributed by atoms with Gasteiger partial charge in [0.2, 0.25) is 5.91 Å². The number of guanidine groups is 1. The standard InChI is InChI=1S/C25H30N4O3.HI/c1-4-19-6-5-7-22(13-19)29-24(30)15-28-25(26-3)27-14-21-9-8-18(2)12-23(21)32-17-20-10-11-31-16-20;/h1,5-9,12-13,20H,10-11,14-17H2,2-3H3,(H,29,30)(H2,26,27,28);1H. The number of aryl methyl sites for hydroxylation is 1. The lowest BCUT2D eigenvalue weighted by Gasteiger charge is -2.17. The number of hydrogen-bond donors (Lipinski definition) is 3. The molecule has 7 nitrogen and oxygen atoms in total. The minimum Gasteiger partial charge on any atom is -0.493 e. The van der Waals surface area contributed by atoms with E-state index in [1.807, 2.05) is 25.1 Å². The van der Waals surface area contributed by atoms with Crippen LogP contribution >= 0.6 is 24.0 Å². The van der Waals surface area contributed by atoms with Gasteiger partial charge in [-0.05, 0) is 43.2 Å². The van der Waals surface area contributed by atoms with Crippen LogP contribution in [0.15, 0.2) is 47.5 Å². The van der Waals surface area contributed by atoms with Crippen LogP contribution in [0.1, 0.15) is 23.1 Å². The van der Waals surface area contributed by atoms with E-state index < -0.39 is 0 Å². The molecule has 1 fully saturated rings. The molecule has 1 amide bonds. The molecule has 0 spiro atoms. The SMILES string of the molecule is C#Cc1cccc(NC(=O)CNC(=NC)NCc2ccc(C)cc2OCC2CCOC2)c1.I. The van der Waals surface area contributed by atoms with Gasteiger partial charge < -0.3 is 25.4 Å². The Morgan fingerprint density at radius 3 is 2.85 bits per heavy atom. The van der Waals surface area contributed by atoms with Crippen LogP contribution in [0.5, 0.6) is 5.75 Å². The third-order valence-corrected chi connectivity index (χ3v) is 5.12. The number of aliphatic imine (C=N–C) groups is 1. The van der Waals surface area contributed by atoms with E-state index >= 15 is 0 Å². The van der Waals surface area contributed by atoms with E-state index in [1.165, 1.54) is 0 Å². The van der Waals surface area contributed by atoms with E-state index in [0.29, 0.717) is 36.3 Å². The number of nitrogens with zero attached hydrogens (tertiary/aromatic N) is 1. The summed E-state index contributed by atoms with van der Waals surface area (Å²) in [4.78, 5) is 16.5. The fourth-order valence-corrected chi connectivity index (χ4v) is 3.32. The molecule has 2 aromatic rings. The van der Waals surface area contributed by atoms with Crippen molar-refractivity contribution in [3.63, 3.8) is 0 Å². The van der Waals surface area contributed by atoms with Crippen molar-refractivity contribution in [2.45, 2.75) is 19.9 Å². The van der Waals surface area contributed by atoms with Gasteiger partial charge >= 0.3 is 0 Å². The van der Waals surface area contributed by atoms with Crippen LogP contribution in [0.2, 0.25) is 0 Å². The second-order valence-corrected chi connectivity index (χ2v) is 7.70. The molecule has 1 aliphatic rings. The predicted molar refractivity (Wildman–Crippen MR) is 142 cm³/mol. The second kappa shape index (κ2) is 13.7. The Labute approximate surface area is 212 Å². The summed E-state index contributed by atoms with van der Waals surface area (Å²) >= 11 is 0. The summed E-state index contributed by atoms with van der Waals surface area (Å²) in [5.74, 6) is 4.17. The maximum atomic E-state index is 12.3. The van der Waals surface area contributed by atoms with Gasteiger partial charge in [0, 0.05) is 42.9 Å². The molecular weight excluding hydrogens is 531 g/mol. The van der Waals surface area contributed by atoms with Crippen molar-refractivity contribution >= 4 is 41.5 Å². The maximum absolute atomic E-state index is 12.3. The largest absolute Gasteiger partial charge is 0.493 e. The average Bonchev–Trinajstić information content (AvgIpc) is 3.32. The van der Waals surface area contributed by atoms with Gasteiger partial charge in [-0.15, -0.1) is 30.4 Å². The number of carbonyl (C=O) groups excluding carboxylic acids is 1. The zero-order valence-electron chi connectivity index (χ0n) is 19.0. The normalized spacial score (nSPS) is 15.2. The Balaban J connectivity index is 0.00000385. The summed E-state index contributed by atoms with van der Waals surface area (Å²) in [6.07, 6.45) is 6.44. The van der Waals surface area contributed by atoms with Gasteiger partial charge in [-0.1, -0.05) is 24.1 Å². The van der Waals surface area contributed by atoms with Gasteiger partial charge in [0.15, 0.2) is 5.96 Å². The van der Waals surface area contributed by atoms with Crippen molar-refractivity contribution in [2.75, 3.05) is 38.7 Å². The van der Waals surface area contributed by atoms with Crippen LogP contribution in [0.3, 0.4) is 0 Å². The molecule has 1 heterocycles. The Hall–Kier alpha value is -2.77. The zero-order valence-corrected chi connectivity index (χ0v) is 21.3. The Kier molecular flexibility index (Phi) is 11.0. The average molecular weight is 562 g/mol. The minimum atomic E-state index is -0.194. The van der Waals surface area contributed by atoms with Gasteiger partial charge in [-0.2, -0.15) is 0 Å². The third kappa shape index (κ3) is 8.59. The highest BCUT2D eigenvalue weighted by Crippen LogP contribution is 2.22. The summed E-state index contributed by atoms with van der Waals surface area (Å²) in [5.41, 5.74) is 3.53. The van der Waals surface area contributed by atoms with Gasteiger partial charge in [-0.3, -0.25) is 9.79 Å². The van der Waals surface area contributed by atoms with Gasteiger partial charge in [-0.25, -0.2) is 0 Å². The van der Waals surface area contributed by atoms with Gasteiger partial charge in [0.1, 0.15) is 5.75 Å². The Morgan fingerprint density at radius 1 is 1.27 bits per heavy atom. The number of ether oxygens (including phenoxy) is 2. The number of carbonyl (C=O) groups is 1. The first-order chi connectivity index (χ1) is 15.6. The van der Waals surface area contributed by atoms with Crippen molar-refractivity contribution in [2.24, 2.45) is 10.9 Å². The van der Waals surface area contributed by atoms with Gasteiger partial charge in [0.05, 0.1) is 19.8 Å². The maximum Gasteiger partial charge on any atom is 0.243 e. The molecule has 0 aliphatic carbocycles. The first kappa shape index (κ1) is 26.5. The fourth-order valence-electron chi connectivity index (χ4n) is 3.32. The first-order valence-electron chi connectivity index (χ1n) is 10.7. The van der Waals surface area contributed by atoms with Crippen LogP contribution in [0.4, 0.5) is 5.69 Å². The van der Waals surface area contributed by atoms with Crippen LogP contribution in [-0.2, 0) is 16.1 Å². The first-order valence-corrected chi connectivity index (χ1v) is 10.7. The number of rotatable bonds is 8. The van der Waals surface area contributed by atoms with Crippen molar-refractivity contribution in [1.29, 1.82) is 0 Å². The highest BCUT2D eigenvalue weighted by Gasteiger charge is 2.17. The summed E-state index contributed by atoms with van der Waals surface area (Å²) < 4.78 is 11.5. The molecule has 1 saturated heterocycles. The Morgan fingerprint density at radius 2 is 2.12 bits per heavy atom. The summed E-state index contributed by atoms with van der Waals surface area (Å²) in [7, 11) is 1.66. The monoisotopic (exact) mass is 562 g/mol. The molecule has 0 bridgehead atoms. The molecule has 0 radical (unpaired) electrons. The topological polar surface area (TPSA) is 84.0 Å². The molecule has 1 atom stereocenters. The zero-order chi connectivity index (χ0) is 22.8. The third-order valence-electron chi connectivity index (χ3n) is 5.12. The van der Waals surface area contributed by atoms with Crippen LogP contribution < -0.4 is 20.7 Å². The molecule has 3 N–H and O–H groups in total. The van der Waals surface area contributed by atoms with Crippen molar-refractivity contribution in [3.8, 4) is 18.1 Å². The summed E-state index contributed by atoms with van der Waals surface area (Å²) in [5, 5.41) is 9.08. The van der Waals surface area contributed by atoms with Gasteiger partial charge in [0.25, 0.3) is 0 Å². The molecule has 1 unspecified atom stereocenters. The number of terminal acetylenes is 1. The summed E-state index contributed by atoms with van der Waals surface area (Å²) in [6.45, 7) is 4.83. The van der Waals surface area contributed by atoms with E-state index in [-0.39, 0.29) is 36.4 Å². The molecule has 3 rings (SSSR count).